The number of para-hydroxylation sites is 1. The lowest BCUT2D eigenvalue weighted by Gasteiger charge is -2.11. The Kier molecular flexibility index (Phi) is 5.19. The molecule has 0 saturated carbocycles. The van der Waals surface area contributed by atoms with Crippen molar-refractivity contribution in [1.82, 2.24) is 5.32 Å². The monoisotopic (exact) mass is 359 g/mol. The number of hydrogen-bond donors (Lipinski definition) is 1. The van der Waals surface area contributed by atoms with Crippen LogP contribution in [0, 0.1) is 5.82 Å². The third-order valence-corrected chi connectivity index (χ3v) is 4.88. The van der Waals surface area contributed by atoms with Crippen LogP contribution in [0.4, 0.5) is 4.39 Å². The summed E-state index contributed by atoms with van der Waals surface area (Å²) in [5.41, 5.74) is 0.892. The maximum atomic E-state index is 13.5. The minimum atomic E-state index is -0.360. The fraction of sp³-hybridized carbons (Fsp3) is 0.211. The topological polar surface area (TPSA) is 47.6 Å². The molecule has 2 aromatic carbocycles. The molecule has 0 aliphatic carbocycles. The molecule has 1 aromatic heterocycles. The van der Waals surface area contributed by atoms with E-state index in [4.69, 9.17) is 9.47 Å². The normalized spacial score (nSPS) is 10.7. The second-order valence-electron chi connectivity index (χ2n) is 5.33. The zero-order valence-electron chi connectivity index (χ0n) is 14.0. The number of fused-ring (bicyclic) bond motifs is 1. The van der Waals surface area contributed by atoms with E-state index in [1.165, 1.54) is 30.6 Å². The second kappa shape index (κ2) is 7.53. The first-order chi connectivity index (χ1) is 12.1. The number of hydrogen-bond acceptors (Lipinski definition) is 4. The zero-order valence-corrected chi connectivity index (χ0v) is 14.8. The number of carbonyl (C=O) groups excluding carboxylic acids is 1. The second-order valence-corrected chi connectivity index (χ2v) is 6.38. The molecule has 3 rings (SSSR count). The van der Waals surface area contributed by atoms with Crippen molar-refractivity contribution >= 4 is 27.3 Å². The van der Waals surface area contributed by atoms with E-state index in [1.54, 1.807) is 6.07 Å². The van der Waals surface area contributed by atoms with Crippen LogP contribution in [0.25, 0.3) is 10.1 Å². The Bertz CT molecular complexity index is 907. The molecule has 1 N–H and O–H groups in total. The van der Waals surface area contributed by atoms with Crippen LogP contribution in [0.2, 0.25) is 0 Å². The summed E-state index contributed by atoms with van der Waals surface area (Å²) in [4.78, 5) is 13.0. The number of carbonyl (C=O) groups is 1. The van der Waals surface area contributed by atoms with Crippen molar-refractivity contribution in [2.75, 3.05) is 13.7 Å². The number of halogens is 1. The standard InChI is InChI=1S/C19H18FNO3S/c1-3-24-15-7-5-4-6-12(15)11-21-19(22)18-17(23-2)14-10-13(20)8-9-16(14)25-18/h4-10H,3,11H2,1-2H3,(H,21,22). The molecule has 0 unspecified atom stereocenters. The van der Waals surface area contributed by atoms with Gasteiger partial charge in [-0.25, -0.2) is 4.39 Å². The van der Waals surface area contributed by atoms with Gasteiger partial charge in [0.25, 0.3) is 5.91 Å². The summed E-state index contributed by atoms with van der Waals surface area (Å²) in [5, 5.41) is 3.49. The maximum Gasteiger partial charge on any atom is 0.265 e. The smallest absolute Gasteiger partial charge is 0.265 e. The molecule has 0 aliphatic rings. The highest BCUT2D eigenvalue weighted by Gasteiger charge is 2.20. The molecule has 0 bridgehead atoms. The van der Waals surface area contributed by atoms with Gasteiger partial charge in [0.2, 0.25) is 0 Å². The summed E-state index contributed by atoms with van der Waals surface area (Å²) >= 11 is 1.28. The van der Waals surface area contributed by atoms with Gasteiger partial charge in [-0.3, -0.25) is 4.79 Å². The molecule has 0 radical (unpaired) electrons. The number of ether oxygens (including phenoxy) is 2. The average Bonchev–Trinajstić information content (AvgIpc) is 2.98. The highest BCUT2D eigenvalue weighted by molar-refractivity contribution is 7.21. The van der Waals surface area contributed by atoms with E-state index in [0.717, 1.165) is 16.0 Å². The lowest BCUT2D eigenvalue weighted by Crippen LogP contribution is -2.22. The van der Waals surface area contributed by atoms with Gasteiger partial charge in [0.05, 0.1) is 13.7 Å². The van der Waals surface area contributed by atoms with Crippen LogP contribution in [-0.4, -0.2) is 19.6 Å². The van der Waals surface area contributed by atoms with E-state index in [0.29, 0.717) is 29.2 Å². The maximum absolute atomic E-state index is 13.5. The number of benzene rings is 2. The molecule has 25 heavy (non-hydrogen) atoms. The number of rotatable bonds is 6. The first-order valence-electron chi connectivity index (χ1n) is 7.89. The van der Waals surface area contributed by atoms with E-state index >= 15 is 0 Å². The fourth-order valence-corrected chi connectivity index (χ4v) is 3.67. The summed E-state index contributed by atoms with van der Waals surface area (Å²) in [7, 11) is 1.48. The Morgan fingerprint density at radius 2 is 2.04 bits per heavy atom. The molecular formula is C19H18FNO3S. The van der Waals surface area contributed by atoms with Crippen LogP contribution >= 0.6 is 11.3 Å². The lowest BCUT2D eigenvalue weighted by molar-refractivity contribution is 0.0952. The van der Waals surface area contributed by atoms with Crippen LogP contribution < -0.4 is 14.8 Å². The Labute approximate surface area is 149 Å². The van der Waals surface area contributed by atoms with Gasteiger partial charge in [-0.1, -0.05) is 18.2 Å². The van der Waals surface area contributed by atoms with Gasteiger partial charge in [0.15, 0.2) is 0 Å². The molecule has 6 heteroatoms. The molecule has 0 atom stereocenters. The van der Waals surface area contributed by atoms with Gasteiger partial charge < -0.3 is 14.8 Å². The van der Waals surface area contributed by atoms with Crippen LogP contribution in [0.1, 0.15) is 22.2 Å². The van der Waals surface area contributed by atoms with E-state index in [9.17, 15) is 9.18 Å². The molecule has 0 aliphatic heterocycles. The van der Waals surface area contributed by atoms with Crippen LogP contribution in [0.3, 0.4) is 0 Å². The van der Waals surface area contributed by atoms with Crippen molar-refractivity contribution in [3.8, 4) is 11.5 Å². The number of nitrogens with one attached hydrogen (secondary N) is 1. The van der Waals surface area contributed by atoms with Crippen molar-refractivity contribution in [1.29, 1.82) is 0 Å². The van der Waals surface area contributed by atoms with Gasteiger partial charge >= 0.3 is 0 Å². The summed E-state index contributed by atoms with van der Waals surface area (Å²) < 4.78 is 25.2. The van der Waals surface area contributed by atoms with Crippen LogP contribution in [-0.2, 0) is 6.54 Å². The third-order valence-electron chi connectivity index (χ3n) is 3.73. The molecule has 0 saturated heterocycles. The molecule has 3 aromatic rings. The van der Waals surface area contributed by atoms with Gasteiger partial charge in [-0.2, -0.15) is 0 Å². The quantitative estimate of drug-likeness (QED) is 0.711. The van der Waals surface area contributed by atoms with Crippen molar-refractivity contribution in [2.45, 2.75) is 13.5 Å². The molecule has 1 amide bonds. The Balaban J connectivity index is 1.83. The van der Waals surface area contributed by atoms with Crippen molar-refractivity contribution in [3.05, 3.63) is 58.7 Å². The predicted molar refractivity (Wildman–Crippen MR) is 97.1 cm³/mol. The number of methoxy groups -OCH3 is 1. The predicted octanol–water partition coefficient (Wildman–Crippen LogP) is 4.38. The highest BCUT2D eigenvalue weighted by Crippen LogP contribution is 2.38. The summed E-state index contributed by atoms with van der Waals surface area (Å²) in [6.45, 7) is 2.80. The number of amides is 1. The third kappa shape index (κ3) is 3.58. The Morgan fingerprint density at radius 1 is 1.24 bits per heavy atom. The van der Waals surface area contributed by atoms with E-state index in [-0.39, 0.29) is 11.7 Å². The van der Waals surface area contributed by atoms with E-state index < -0.39 is 0 Å². The number of thiophene rings is 1. The Hall–Kier alpha value is -2.60. The molecule has 130 valence electrons. The van der Waals surface area contributed by atoms with Crippen LogP contribution in [0.15, 0.2) is 42.5 Å². The van der Waals surface area contributed by atoms with E-state index in [1.807, 2.05) is 31.2 Å². The first kappa shape index (κ1) is 17.2. The summed E-state index contributed by atoms with van der Waals surface area (Å²) in [5.74, 6) is 0.525. The van der Waals surface area contributed by atoms with Crippen molar-refractivity contribution in [3.63, 3.8) is 0 Å². The lowest BCUT2D eigenvalue weighted by atomic mass is 10.2. The molecular weight excluding hydrogens is 341 g/mol. The largest absolute Gasteiger partial charge is 0.494 e. The average molecular weight is 359 g/mol. The van der Waals surface area contributed by atoms with Gasteiger partial charge in [0.1, 0.15) is 22.2 Å². The summed E-state index contributed by atoms with van der Waals surface area (Å²) in [6.07, 6.45) is 0. The summed E-state index contributed by atoms with van der Waals surface area (Å²) in [6, 6.07) is 12.0. The molecule has 0 fully saturated rings. The Morgan fingerprint density at radius 3 is 2.80 bits per heavy atom. The minimum absolute atomic E-state index is 0.259. The van der Waals surface area contributed by atoms with Crippen LogP contribution in [0.5, 0.6) is 11.5 Å². The van der Waals surface area contributed by atoms with Crippen molar-refractivity contribution in [2.24, 2.45) is 0 Å². The van der Waals surface area contributed by atoms with Gasteiger partial charge in [0, 0.05) is 22.2 Å². The SMILES string of the molecule is CCOc1ccccc1CNC(=O)c1sc2ccc(F)cc2c1OC. The molecule has 0 spiro atoms. The molecule has 1 heterocycles. The van der Waals surface area contributed by atoms with E-state index in [2.05, 4.69) is 5.32 Å². The first-order valence-corrected chi connectivity index (χ1v) is 8.70. The van der Waals surface area contributed by atoms with Crippen molar-refractivity contribution < 1.29 is 18.7 Å². The molecule has 4 nitrogen and oxygen atoms in total. The van der Waals surface area contributed by atoms with Gasteiger partial charge in [-0.05, 0) is 31.2 Å². The fourth-order valence-electron chi connectivity index (χ4n) is 2.60. The van der Waals surface area contributed by atoms with Gasteiger partial charge in [-0.15, -0.1) is 11.3 Å². The minimum Gasteiger partial charge on any atom is -0.494 e. The highest BCUT2D eigenvalue weighted by atomic mass is 32.1. The zero-order chi connectivity index (χ0) is 17.8.